The molecule has 0 aliphatic heterocycles. The van der Waals surface area contributed by atoms with Crippen LogP contribution in [0.3, 0.4) is 0 Å². The number of hydrogen-bond donors (Lipinski definition) is 1. The normalized spacial score (nSPS) is 12.1. The molecule has 1 aromatic rings. The van der Waals surface area contributed by atoms with Gasteiger partial charge in [0, 0.05) is 12.1 Å². The highest BCUT2D eigenvalue weighted by Crippen LogP contribution is 2.20. The number of halogens is 2. The fourth-order valence-corrected chi connectivity index (χ4v) is 2.41. The third kappa shape index (κ3) is 5.27. The molecule has 0 unspecified atom stereocenters. The minimum atomic E-state index is -2.38. The first-order chi connectivity index (χ1) is 8.91. The summed E-state index contributed by atoms with van der Waals surface area (Å²) in [6.45, 7) is 10.7. The van der Waals surface area contributed by atoms with Gasteiger partial charge in [0.05, 0.1) is 0 Å². The maximum absolute atomic E-state index is 12.4. The Morgan fingerprint density at radius 2 is 1.47 bits per heavy atom. The van der Waals surface area contributed by atoms with Gasteiger partial charge in [0.1, 0.15) is 0 Å². The Bertz CT molecular complexity index is 350. The van der Waals surface area contributed by atoms with Crippen molar-refractivity contribution in [2.24, 2.45) is 17.8 Å². The quantitative estimate of drug-likeness (QED) is 0.760. The van der Waals surface area contributed by atoms with E-state index in [1.165, 1.54) is 12.1 Å². The number of hydrogen-bond acceptors (Lipinski definition) is 1. The molecule has 0 atom stereocenters. The molecule has 3 heteroatoms. The molecule has 1 aromatic carbocycles. The molecule has 1 rings (SSSR count). The van der Waals surface area contributed by atoms with Crippen molar-refractivity contribution >= 4 is 0 Å². The molecule has 0 saturated heterocycles. The predicted molar refractivity (Wildman–Crippen MR) is 76.3 cm³/mol. The van der Waals surface area contributed by atoms with E-state index in [0.717, 1.165) is 18.7 Å². The first-order valence-corrected chi connectivity index (χ1v) is 6.99. The van der Waals surface area contributed by atoms with Crippen LogP contribution in [0.15, 0.2) is 24.3 Å². The summed E-state index contributed by atoms with van der Waals surface area (Å²) in [5, 5.41) is 3.43. The maximum Gasteiger partial charge on any atom is 0.263 e. The van der Waals surface area contributed by atoms with E-state index in [1.807, 2.05) is 0 Å². The van der Waals surface area contributed by atoms with Crippen LogP contribution in [-0.2, 0) is 6.54 Å². The molecule has 0 saturated carbocycles. The Balaban J connectivity index is 2.44. The summed E-state index contributed by atoms with van der Waals surface area (Å²) in [6, 6.07) is 6.55. The lowest BCUT2D eigenvalue weighted by atomic mass is 9.85. The highest BCUT2D eigenvalue weighted by Gasteiger charge is 2.16. The Morgan fingerprint density at radius 1 is 0.947 bits per heavy atom. The van der Waals surface area contributed by atoms with Gasteiger partial charge in [-0.15, -0.1) is 0 Å². The van der Waals surface area contributed by atoms with E-state index in [9.17, 15) is 8.78 Å². The van der Waals surface area contributed by atoms with Crippen molar-refractivity contribution in [2.75, 3.05) is 6.54 Å². The molecular formula is C16H25F2N. The molecule has 1 nitrogen and oxygen atoms in total. The second-order valence-corrected chi connectivity index (χ2v) is 5.83. The topological polar surface area (TPSA) is 12.0 Å². The van der Waals surface area contributed by atoms with Crippen molar-refractivity contribution in [2.45, 2.75) is 40.7 Å². The fourth-order valence-electron chi connectivity index (χ4n) is 2.41. The minimum absolute atomic E-state index is 0.0889. The van der Waals surface area contributed by atoms with E-state index in [0.29, 0.717) is 17.8 Å². The van der Waals surface area contributed by atoms with E-state index in [4.69, 9.17) is 0 Å². The molecule has 0 radical (unpaired) electrons. The third-order valence-electron chi connectivity index (χ3n) is 3.65. The lowest BCUT2D eigenvalue weighted by Gasteiger charge is -2.25. The Morgan fingerprint density at radius 3 is 1.89 bits per heavy atom. The zero-order chi connectivity index (χ0) is 14.4. The first-order valence-electron chi connectivity index (χ1n) is 6.99. The molecule has 0 amide bonds. The molecule has 0 bridgehead atoms. The SMILES string of the molecule is CC(C)C(CNCc1ccc(C(F)F)cc1)C(C)C. The van der Waals surface area contributed by atoms with Crippen molar-refractivity contribution in [3.63, 3.8) is 0 Å². The molecule has 0 heterocycles. The van der Waals surface area contributed by atoms with Gasteiger partial charge in [0.2, 0.25) is 0 Å². The average molecular weight is 269 g/mol. The van der Waals surface area contributed by atoms with Crippen molar-refractivity contribution in [3.05, 3.63) is 35.4 Å². The fraction of sp³-hybridized carbons (Fsp3) is 0.625. The van der Waals surface area contributed by atoms with E-state index in [1.54, 1.807) is 12.1 Å². The summed E-state index contributed by atoms with van der Waals surface area (Å²) < 4.78 is 24.8. The van der Waals surface area contributed by atoms with Crippen LogP contribution in [0.2, 0.25) is 0 Å². The van der Waals surface area contributed by atoms with Gasteiger partial charge in [-0.05, 0) is 29.9 Å². The molecule has 1 N–H and O–H groups in total. The molecule has 0 spiro atoms. The van der Waals surface area contributed by atoms with E-state index >= 15 is 0 Å². The molecule has 0 fully saturated rings. The molecule has 108 valence electrons. The largest absolute Gasteiger partial charge is 0.312 e. The van der Waals surface area contributed by atoms with E-state index in [-0.39, 0.29) is 5.56 Å². The highest BCUT2D eigenvalue weighted by atomic mass is 19.3. The average Bonchev–Trinajstić information content (AvgIpc) is 2.34. The van der Waals surface area contributed by atoms with E-state index < -0.39 is 6.43 Å². The summed E-state index contributed by atoms with van der Waals surface area (Å²) in [7, 11) is 0. The predicted octanol–water partition coefficient (Wildman–Crippen LogP) is 4.64. The van der Waals surface area contributed by atoms with Crippen molar-refractivity contribution < 1.29 is 8.78 Å². The summed E-state index contributed by atoms with van der Waals surface area (Å²) >= 11 is 0. The summed E-state index contributed by atoms with van der Waals surface area (Å²) in [5.41, 5.74) is 1.14. The molecule has 19 heavy (non-hydrogen) atoms. The van der Waals surface area contributed by atoms with Gasteiger partial charge in [-0.1, -0.05) is 52.0 Å². The smallest absolute Gasteiger partial charge is 0.263 e. The van der Waals surface area contributed by atoms with Gasteiger partial charge < -0.3 is 5.32 Å². The van der Waals surface area contributed by atoms with Gasteiger partial charge in [-0.2, -0.15) is 0 Å². The summed E-state index contributed by atoms with van der Waals surface area (Å²) in [5.74, 6) is 1.93. The number of rotatable bonds is 7. The van der Waals surface area contributed by atoms with Crippen LogP contribution in [-0.4, -0.2) is 6.54 Å². The molecule has 0 aliphatic rings. The molecular weight excluding hydrogens is 244 g/mol. The van der Waals surface area contributed by atoms with Crippen LogP contribution in [0.25, 0.3) is 0 Å². The number of alkyl halides is 2. The van der Waals surface area contributed by atoms with Crippen LogP contribution < -0.4 is 5.32 Å². The van der Waals surface area contributed by atoms with Crippen LogP contribution >= 0.6 is 0 Å². The maximum atomic E-state index is 12.4. The zero-order valence-electron chi connectivity index (χ0n) is 12.3. The summed E-state index contributed by atoms with van der Waals surface area (Å²) in [4.78, 5) is 0. The Labute approximate surface area is 115 Å². The van der Waals surface area contributed by atoms with Gasteiger partial charge in [0.15, 0.2) is 0 Å². The monoisotopic (exact) mass is 269 g/mol. The Kier molecular flexibility index (Phi) is 6.43. The highest BCUT2D eigenvalue weighted by molar-refractivity contribution is 5.23. The van der Waals surface area contributed by atoms with Gasteiger partial charge in [0.25, 0.3) is 6.43 Å². The van der Waals surface area contributed by atoms with Crippen LogP contribution in [0.1, 0.15) is 45.2 Å². The van der Waals surface area contributed by atoms with Crippen LogP contribution in [0.4, 0.5) is 8.78 Å². The van der Waals surface area contributed by atoms with Gasteiger partial charge in [-0.3, -0.25) is 0 Å². The van der Waals surface area contributed by atoms with E-state index in [2.05, 4.69) is 33.0 Å². The minimum Gasteiger partial charge on any atom is -0.312 e. The molecule has 0 aromatic heterocycles. The molecule has 0 aliphatic carbocycles. The lowest BCUT2D eigenvalue weighted by molar-refractivity contribution is 0.151. The number of nitrogens with one attached hydrogen (secondary N) is 1. The standard InChI is InChI=1S/C16H25F2N/c1-11(2)15(12(3)4)10-19-9-13-5-7-14(8-6-13)16(17)18/h5-8,11-12,15-16,19H,9-10H2,1-4H3. The second kappa shape index (κ2) is 7.59. The van der Waals surface area contributed by atoms with Gasteiger partial charge in [-0.25, -0.2) is 8.78 Å². The zero-order valence-corrected chi connectivity index (χ0v) is 12.3. The lowest BCUT2D eigenvalue weighted by Crippen LogP contribution is -2.29. The van der Waals surface area contributed by atoms with Crippen LogP contribution in [0, 0.1) is 17.8 Å². The van der Waals surface area contributed by atoms with Gasteiger partial charge >= 0.3 is 0 Å². The van der Waals surface area contributed by atoms with Crippen molar-refractivity contribution in [3.8, 4) is 0 Å². The third-order valence-corrected chi connectivity index (χ3v) is 3.65. The van der Waals surface area contributed by atoms with Crippen molar-refractivity contribution in [1.29, 1.82) is 0 Å². The second-order valence-electron chi connectivity index (χ2n) is 5.83. The first kappa shape index (κ1) is 16.1. The van der Waals surface area contributed by atoms with Crippen LogP contribution in [0.5, 0.6) is 0 Å². The van der Waals surface area contributed by atoms with Crippen molar-refractivity contribution in [1.82, 2.24) is 5.32 Å². The Hall–Kier alpha value is -0.960. The number of benzene rings is 1. The summed E-state index contributed by atoms with van der Waals surface area (Å²) in [6.07, 6.45) is -2.38.